The first kappa shape index (κ1) is 14.1. The normalized spacial score (nSPS) is 16.3. The Labute approximate surface area is 114 Å². The highest BCUT2D eigenvalue weighted by Crippen LogP contribution is 2.24. The predicted molar refractivity (Wildman–Crippen MR) is 75.9 cm³/mol. The van der Waals surface area contributed by atoms with Gasteiger partial charge in [0.05, 0.1) is 6.61 Å². The largest absolute Gasteiger partial charge is 0.477 e. The van der Waals surface area contributed by atoms with Crippen LogP contribution in [0.5, 0.6) is 5.88 Å². The SMILES string of the molecule is CCCc1nc(NN)cc(OCC2CCCCC2)n1. The minimum absolute atomic E-state index is 0.622. The van der Waals surface area contributed by atoms with E-state index >= 15 is 0 Å². The number of hydrogen-bond acceptors (Lipinski definition) is 5. The molecule has 0 atom stereocenters. The number of aromatic nitrogens is 2. The molecule has 1 aromatic heterocycles. The Bertz CT molecular complexity index is 391. The van der Waals surface area contributed by atoms with Crippen molar-refractivity contribution in [3.8, 4) is 5.88 Å². The maximum atomic E-state index is 5.83. The summed E-state index contributed by atoms with van der Waals surface area (Å²) in [4.78, 5) is 8.74. The van der Waals surface area contributed by atoms with E-state index in [4.69, 9.17) is 10.6 Å². The maximum Gasteiger partial charge on any atom is 0.218 e. The fourth-order valence-electron chi connectivity index (χ4n) is 2.51. The Morgan fingerprint density at radius 2 is 2.11 bits per heavy atom. The first-order valence-corrected chi connectivity index (χ1v) is 7.29. The highest BCUT2D eigenvalue weighted by Gasteiger charge is 2.14. The monoisotopic (exact) mass is 264 g/mol. The van der Waals surface area contributed by atoms with Crippen LogP contribution in [-0.2, 0) is 6.42 Å². The molecular weight excluding hydrogens is 240 g/mol. The van der Waals surface area contributed by atoms with E-state index in [9.17, 15) is 0 Å². The van der Waals surface area contributed by atoms with Gasteiger partial charge in [-0.25, -0.2) is 10.8 Å². The Balaban J connectivity index is 1.95. The van der Waals surface area contributed by atoms with Crippen molar-refractivity contribution in [3.05, 3.63) is 11.9 Å². The summed E-state index contributed by atoms with van der Waals surface area (Å²) in [5.74, 6) is 8.15. The molecule has 1 aliphatic carbocycles. The zero-order valence-corrected chi connectivity index (χ0v) is 11.7. The Hall–Kier alpha value is -1.36. The van der Waals surface area contributed by atoms with E-state index in [0.29, 0.717) is 17.6 Å². The lowest BCUT2D eigenvalue weighted by molar-refractivity contribution is 0.202. The van der Waals surface area contributed by atoms with Crippen LogP contribution in [0.2, 0.25) is 0 Å². The average molecular weight is 264 g/mol. The smallest absolute Gasteiger partial charge is 0.218 e. The average Bonchev–Trinajstić information content (AvgIpc) is 2.46. The molecule has 0 radical (unpaired) electrons. The van der Waals surface area contributed by atoms with Crippen molar-refractivity contribution < 1.29 is 4.74 Å². The molecule has 1 heterocycles. The van der Waals surface area contributed by atoms with Gasteiger partial charge in [0.15, 0.2) is 0 Å². The molecule has 5 nitrogen and oxygen atoms in total. The number of nitrogens with one attached hydrogen (secondary N) is 1. The summed E-state index contributed by atoms with van der Waals surface area (Å²) >= 11 is 0. The second-order valence-electron chi connectivity index (χ2n) is 5.22. The molecule has 1 fully saturated rings. The van der Waals surface area contributed by atoms with Crippen LogP contribution in [-0.4, -0.2) is 16.6 Å². The second-order valence-corrected chi connectivity index (χ2v) is 5.22. The van der Waals surface area contributed by atoms with Crippen molar-refractivity contribution in [2.24, 2.45) is 11.8 Å². The van der Waals surface area contributed by atoms with Gasteiger partial charge in [0.2, 0.25) is 5.88 Å². The fourth-order valence-corrected chi connectivity index (χ4v) is 2.51. The first-order valence-electron chi connectivity index (χ1n) is 7.29. The molecule has 0 amide bonds. The third-order valence-corrected chi connectivity index (χ3v) is 3.56. The van der Waals surface area contributed by atoms with Crippen LogP contribution in [0.4, 0.5) is 5.82 Å². The van der Waals surface area contributed by atoms with Crippen molar-refractivity contribution in [2.75, 3.05) is 12.0 Å². The molecule has 5 heteroatoms. The molecule has 1 saturated carbocycles. The van der Waals surface area contributed by atoms with Gasteiger partial charge in [-0.15, -0.1) is 0 Å². The topological polar surface area (TPSA) is 73.1 Å². The van der Waals surface area contributed by atoms with Crippen LogP contribution in [0.3, 0.4) is 0 Å². The van der Waals surface area contributed by atoms with Gasteiger partial charge in [-0.2, -0.15) is 4.98 Å². The third kappa shape index (κ3) is 4.35. The van der Waals surface area contributed by atoms with Gasteiger partial charge in [-0.1, -0.05) is 26.2 Å². The van der Waals surface area contributed by atoms with Crippen molar-refractivity contribution in [3.63, 3.8) is 0 Å². The number of rotatable bonds is 6. The molecule has 0 spiro atoms. The molecule has 1 aliphatic rings. The van der Waals surface area contributed by atoms with Crippen LogP contribution in [0.1, 0.15) is 51.3 Å². The zero-order chi connectivity index (χ0) is 13.5. The van der Waals surface area contributed by atoms with Crippen LogP contribution >= 0.6 is 0 Å². The van der Waals surface area contributed by atoms with Crippen LogP contribution in [0.15, 0.2) is 6.07 Å². The molecule has 0 aliphatic heterocycles. The van der Waals surface area contributed by atoms with Crippen molar-refractivity contribution in [1.29, 1.82) is 0 Å². The zero-order valence-electron chi connectivity index (χ0n) is 11.7. The van der Waals surface area contributed by atoms with Gasteiger partial charge in [0.1, 0.15) is 11.6 Å². The van der Waals surface area contributed by atoms with Gasteiger partial charge in [0.25, 0.3) is 0 Å². The molecular formula is C14H24N4O. The summed E-state index contributed by atoms with van der Waals surface area (Å²) in [6.45, 7) is 2.86. The molecule has 2 rings (SSSR count). The van der Waals surface area contributed by atoms with E-state index < -0.39 is 0 Å². The Kier molecular flexibility index (Phi) is 5.39. The molecule has 3 N–H and O–H groups in total. The number of aryl methyl sites for hydroxylation is 1. The molecule has 0 aromatic carbocycles. The maximum absolute atomic E-state index is 5.83. The van der Waals surface area contributed by atoms with Crippen LogP contribution in [0, 0.1) is 5.92 Å². The van der Waals surface area contributed by atoms with Gasteiger partial charge in [-0.3, -0.25) is 0 Å². The third-order valence-electron chi connectivity index (χ3n) is 3.56. The number of nitrogens with two attached hydrogens (primary N) is 1. The van der Waals surface area contributed by atoms with Crippen LogP contribution in [0.25, 0.3) is 0 Å². The Morgan fingerprint density at radius 1 is 1.32 bits per heavy atom. The quantitative estimate of drug-likeness (QED) is 0.610. The van der Waals surface area contributed by atoms with E-state index in [1.807, 2.05) is 0 Å². The van der Waals surface area contributed by atoms with Gasteiger partial charge >= 0.3 is 0 Å². The van der Waals surface area contributed by atoms with Crippen LogP contribution < -0.4 is 16.0 Å². The van der Waals surface area contributed by atoms with Crippen molar-refractivity contribution >= 4 is 5.82 Å². The molecule has 1 aromatic rings. The minimum Gasteiger partial charge on any atom is -0.477 e. The summed E-state index contributed by atoms with van der Waals surface area (Å²) in [6, 6.07) is 1.77. The number of hydrogen-bond donors (Lipinski definition) is 2. The minimum atomic E-state index is 0.622. The summed E-state index contributed by atoms with van der Waals surface area (Å²) in [5, 5.41) is 0. The fraction of sp³-hybridized carbons (Fsp3) is 0.714. The van der Waals surface area contributed by atoms with E-state index in [1.54, 1.807) is 6.07 Å². The number of hydrazine groups is 1. The van der Waals surface area contributed by atoms with Gasteiger partial charge in [-0.05, 0) is 25.2 Å². The number of nitrogens with zero attached hydrogens (tertiary/aromatic N) is 2. The predicted octanol–water partition coefficient (Wildman–Crippen LogP) is 2.67. The lowest BCUT2D eigenvalue weighted by Gasteiger charge is -2.21. The van der Waals surface area contributed by atoms with E-state index in [-0.39, 0.29) is 0 Å². The summed E-state index contributed by atoms with van der Waals surface area (Å²) in [6.07, 6.45) is 8.42. The van der Waals surface area contributed by atoms with Gasteiger partial charge in [0, 0.05) is 12.5 Å². The number of nitrogen functional groups attached to an aromatic ring is 1. The summed E-state index contributed by atoms with van der Waals surface area (Å²) < 4.78 is 5.83. The number of anilines is 1. The summed E-state index contributed by atoms with van der Waals surface area (Å²) in [7, 11) is 0. The lowest BCUT2D eigenvalue weighted by atomic mass is 9.90. The molecule has 106 valence electrons. The van der Waals surface area contributed by atoms with E-state index in [1.165, 1.54) is 32.1 Å². The molecule has 0 bridgehead atoms. The highest BCUT2D eigenvalue weighted by molar-refractivity contribution is 5.37. The van der Waals surface area contributed by atoms with Crippen molar-refractivity contribution in [2.45, 2.75) is 51.9 Å². The Morgan fingerprint density at radius 3 is 2.79 bits per heavy atom. The van der Waals surface area contributed by atoms with Gasteiger partial charge < -0.3 is 10.2 Å². The molecule has 0 unspecified atom stereocenters. The van der Waals surface area contributed by atoms with Crippen molar-refractivity contribution in [1.82, 2.24) is 9.97 Å². The summed E-state index contributed by atoms with van der Waals surface area (Å²) in [5.41, 5.74) is 2.57. The second kappa shape index (κ2) is 7.28. The first-order chi connectivity index (χ1) is 9.31. The standard InChI is InChI=1S/C14H24N4O/c1-2-6-12-16-13(18-15)9-14(17-12)19-10-11-7-4-3-5-8-11/h9,11H,2-8,10,15H2,1H3,(H,16,17,18). The van der Waals surface area contributed by atoms with E-state index in [2.05, 4.69) is 22.3 Å². The molecule has 19 heavy (non-hydrogen) atoms. The number of ether oxygens (including phenoxy) is 1. The highest BCUT2D eigenvalue weighted by atomic mass is 16.5. The molecule has 0 saturated heterocycles. The van der Waals surface area contributed by atoms with E-state index in [0.717, 1.165) is 25.3 Å². The lowest BCUT2D eigenvalue weighted by Crippen LogP contribution is -2.17.